The molecule has 1 N–H and O–H groups in total. The van der Waals surface area contributed by atoms with Crippen molar-refractivity contribution < 1.29 is 4.74 Å². The van der Waals surface area contributed by atoms with Gasteiger partial charge in [0.2, 0.25) is 0 Å². The van der Waals surface area contributed by atoms with Crippen molar-refractivity contribution in [2.75, 3.05) is 25.1 Å². The van der Waals surface area contributed by atoms with E-state index in [0.717, 1.165) is 25.7 Å². The van der Waals surface area contributed by atoms with E-state index >= 15 is 0 Å². The Morgan fingerprint density at radius 1 is 1.20 bits per heavy atom. The summed E-state index contributed by atoms with van der Waals surface area (Å²) in [6.45, 7) is 3.02. The van der Waals surface area contributed by atoms with Gasteiger partial charge in [0.25, 0.3) is 0 Å². The molecule has 0 aliphatic carbocycles. The van der Waals surface area contributed by atoms with Crippen molar-refractivity contribution in [1.29, 1.82) is 0 Å². The van der Waals surface area contributed by atoms with Gasteiger partial charge in [-0.15, -0.1) is 0 Å². The molecule has 2 atom stereocenters. The second kappa shape index (κ2) is 3.86. The summed E-state index contributed by atoms with van der Waals surface area (Å²) in [6.07, 6.45) is 2.49. The van der Waals surface area contributed by atoms with Crippen molar-refractivity contribution in [3.63, 3.8) is 0 Å². The van der Waals surface area contributed by atoms with Gasteiger partial charge < -0.3 is 10.1 Å². The fraction of sp³-hybridized carbons (Fsp3) is 0.538. The Kier molecular flexibility index (Phi) is 2.37. The second-order valence-corrected chi connectivity index (χ2v) is 4.53. The van der Waals surface area contributed by atoms with E-state index in [1.165, 1.54) is 24.1 Å². The highest BCUT2D eigenvalue weighted by molar-refractivity contribution is 5.54. The SMILES string of the molecule is c1ccc2c(c1)NCC[C@@H]2[C@@H]1CCOC1. The quantitative estimate of drug-likeness (QED) is 0.757. The number of nitrogens with one attached hydrogen (secondary N) is 1. The molecule has 0 aromatic heterocycles. The van der Waals surface area contributed by atoms with Gasteiger partial charge in [-0.25, -0.2) is 0 Å². The Morgan fingerprint density at radius 3 is 3.00 bits per heavy atom. The zero-order valence-corrected chi connectivity index (χ0v) is 8.91. The maximum atomic E-state index is 5.50. The molecule has 0 unspecified atom stereocenters. The maximum Gasteiger partial charge on any atom is 0.0500 e. The number of para-hydroxylation sites is 1. The Bertz CT molecular complexity index is 344. The van der Waals surface area contributed by atoms with Crippen LogP contribution in [0.25, 0.3) is 0 Å². The van der Waals surface area contributed by atoms with Crippen molar-refractivity contribution in [2.24, 2.45) is 5.92 Å². The molecule has 2 heterocycles. The minimum Gasteiger partial charge on any atom is -0.385 e. The maximum absolute atomic E-state index is 5.50. The van der Waals surface area contributed by atoms with Gasteiger partial charge in [0.15, 0.2) is 0 Å². The van der Waals surface area contributed by atoms with E-state index < -0.39 is 0 Å². The molecule has 1 fully saturated rings. The molecule has 1 aromatic rings. The first kappa shape index (κ1) is 9.22. The molecular weight excluding hydrogens is 186 g/mol. The number of hydrogen-bond donors (Lipinski definition) is 1. The molecule has 2 aliphatic rings. The minimum atomic E-state index is 0.713. The third-order valence-corrected chi connectivity index (χ3v) is 3.66. The molecule has 0 amide bonds. The molecule has 80 valence electrons. The van der Waals surface area contributed by atoms with Crippen molar-refractivity contribution in [3.05, 3.63) is 29.8 Å². The highest BCUT2D eigenvalue weighted by Crippen LogP contribution is 2.39. The molecular formula is C13H17NO. The van der Waals surface area contributed by atoms with E-state index in [4.69, 9.17) is 4.74 Å². The fourth-order valence-electron chi connectivity index (χ4n) is 2.86. The van der Waals surface area contributed by atoms with E-state index in [2.05, 4.69) is 29.6 Å². The van der Waals surface area contributed by atoms with Crippen LogP contribution in [0.3, 0.4) is 0 Å². The highest BCUT2D eigenvalue weighted by Gasteiger charge is 2.30. The number of rotatable bonds is 1. The lowest BCUT2D eigenvalue weighted by Crippen LogP contribution is -2.22. The Labute approximate surface area is 90.6 Å². The van der Waals surface area contributed by atoms with Gasteiger partial charge in [-0.1, -0.05) is 18.2 Å². The molecule has 2 aliphatic heterocycles. The largest absolute Gasteiger partial charge is 0.385 e. The Balaban J connectivity index is 1.91. The van der Waals surface area contributed by atoms with Gasteiger partial charge in [0, 0.05) is 18.8 Å². The average Bonchev–Trinajstić information content (AvgIpc) is 2.82. The van der Waals surface area contributed by atoms with E-state index in [0.29, 0.717) is 5.92 Å². The molecule has 0 spiro atoms. The topological polar surface area (TPSA) is 21.3 Å². The van der Waals surface area contributed by atoms with Crippen molar-refractivity contribution in [3.8, 4) is 0 Å². The predicted octanol–water partition coefficient (Wildman–Crippen LogP) is 2.62. The summed E-state index contributed by atoms with van der Waals surface area (Å²) in [4.78, 5) is 0. The van der Waals surface area contributed by atoms with Crippen LogP contribution < -0.4 is 5.32 Å². The minimum absolute atomic E-state index is 0.713. The van der Waals surface area contributed by atoms with Crippen LogP contribution >= 0.6 is 0 Å². The molecule has 2 nitrogen and oxygen atoms in total. The van der Waals surface area contributed by atoms with E-state index in [-0.39, 0.29) is 0 Å². The van der Waals surface area contributed by atoms with Crippen LogP contribution in [0.1, 0.15) is 24.3 Å². The number of anilines is 1. The molecule has 3 rings (SSSR count). The van der Waals surface area contributed by atoms with E-state index in [1.54, 1.807) is 0 Å². The second-order valence-electron chi connectivity index (χ2n) is 4.53. The Hall–Kier alpha value is -1.02. The lowest BCUT2D eigenvalue weighted by molar-refractivity contribution is 0.179. The van der Waals surface area contributed by atoms with Gasteiger partial charge in [-0.05, 0) is 36.3 Å². The fourth-order valence-corrected chi connectivity index (χ4v) is 2.86. The average molecular weight is 203 g/mol. The molecule has 15 heavy (non-hydrogen) atoms. The monoisotopic (exact) mass is 203 g/mol. The van der Waals surface area contributed by atoms with Crippen molar-refractivity contribution >= 4 is 5.69 Å². The molecule has 0 bridgehead atoms. The number of hydrogen-bond acceptors (Lipinski definition) is 2. The van der Waals surface area contributed by atoms with E-state index in [1.807, 2.05) is 0 Å². The van der Waals surface area contributed by atoms with Crippen molar-refractivity contribution in [1.82, 2.24) is 0 Å². The predicted molar refractivity (Wildman–Crippen MR) is 61.2 cm³/mol. The van der Waals surface area contributed by atoms with Gasteiger partial charge in [-0.2, -0.15) is 0 Å². The van der Waals surface area contributed by atoms with Crippen LogP contribution in [0.15, 0.2) is 24.3 Å². The van der Waals surface area contributed by atoms with Crippen LogP contribution in [0.4, 0.5) is 5.69 Å². The van der Waals surface area contributed by atoms with Crippen LogP contribution in [-0.4, -0.2) is 19.8 Å². The normalized spacial score (nSPS) is 29.6. The van der Waals surface area contributed by atoms with Gasteiger partial charge in [0.05, 0.1) is 6.61 Å². The molecule has 1 saturated heterocycles. The standard InChI is InChI=1S/C13H17NO/c1-2-4-13-12(3-1)11(5-7-14-13)10-6-8-15-9-10/h1-4,10-11,14H,5-9H2/t10-,11-/m1/s1. The zero-order valence-electron chi connectivity index (χ0n) is 8.91. The summed E-state index contributed by atoms with van der Waals surface area (Å²) < 4.78 is 5.50. The lowest BCUT2D eigenvalue weighted by Gasteiger charge is -2.30. The van der Waals surface area contributed by atoms with Crippen molar-refractivity contribution in [2.45, 2.75) is 18.8 Å². The van der Waals surface area contributed by atoms with Crippen LogP contribution in [0, 0.1) is 5.92 Å². The first-order chi connectivity index (χ1) is 7.45. The lowest BCUT2D eigenvalue weighted by atomic mass is 9.80. The first-order valence-electron chi connectivity index (χ1n) is 5.86. The highest BCUT2D eigenvalue weighted by atomic mass is 16.5. The molecule has 0 radical (unpaired) electrons. The van der Waals surface area contributed by atoms with Gasteiger partial charge >= 0.3 is 0 Å². The van der Waals surface area contributed by atoms with Crippen LogP contribution in [0.5, 0.6) is 0 Å². The van der Waals surface area contributed by atoms with Crippen LogP contribution in [0.2, 0.25) is 0 Å². The summed E-state index contributed by atoms with van der Waals surface area (Å²) >= 11 is 0. The zero-order chi connectivity index (χ0) is 10.1. The number of fused-ring (bicyclic) bond motifs is 1. The number of benzene rings is 1. The summed E-state index contributed by atoms with van der Waals surface area (Å²) in [5.74, 6) is 1.46. The first-order valence-corrected chi connectivity index (χ1v) is 5.86. The molecule has 0 saturated carbocycles. The summed E-state index contributed by atoms with van der Waals surface area (Å²) in [7, 11) is 0. The molecule has 2 heteroatoms. The Morgan fingerprint density at radius 2 is 2.13 bits per heavy atom. The smallest absolute Gasteiger partial charge is 0.0500 e. The molecule has 1 aromatic carbocycles. The van der Waals surface area contributed by atoms with Crippen LogP contribution in [-0.2, 0) is 4.74 Å². The third kappa shape index (κ3) is 1.63. The van der Waals surface area contributed by atoms with Gasteiger partial charge in [0.1, 0.15) is 0 Å². The summed E-state index contributed by atoms with van der Waals surface area (Å²) in [5, 5.41) is 3.48. The third-order valence-electron chi connectivity index (χ3n) is 3.66. The van der Waals surface area contributed by atoms with Gasteiger partial charge in [-0.3, -0.25) is 0 Å². The van der Waals surface area contributed by atoms with E-state index in [9.17, 15) is 0 Å². The summed E-state index contributed by atoms with van der Waals surface area (Å²) in [6, 6.07) is 8.72. The number of ether oxygens (including phenoxy) is 1. The summed E-state index contributed by atoms with van der Waals surface area (Å²) in [5.41, 5.74) is 2.83.